The number of aromatic nitrogens is 3. The fourth-order valence-corrected chi connectivity index (χ4v) is 1.12. The summed E-state index contributed by atoms with van der Waals surface area (Å²) in [5.41, 5.74) is 1.15. The summed E-state index contributed by atoms with van der Waals surface area (Å²) in [7, 11) is 0. The molecule has 0 aliphatic carbocycles. The predicted molar refractivity (Wildman–Crippen MR) is 58.1 cm³/mol. The molecule has 1 heterocycles. The molecule has 0 amide bonds. The van der Waals surface area contributed by atoms with Crippen LogP contribution >= 0.6 is 0 Å². The lowest BCUT2D eigenvalue weighted by molar-refractivity contribution is -0.678. The molecule has 1 aromatic heterocycles. The summed E-state index contributed by atoms with van der Waals surface area (Å²) in [4.78, 5) is 0. The fraction of sp³-hybridized carbons (Fsp3) is 0. The van der Waals surface area contributed by atoms with E-state index in [2.05, 4.69) is 15.3 Å². The Labute approximate surface area is 87.6 Å². The van der Waals surface area contributed by atoms with Gasteiger partial charge in [0.05, 0.1) is 6.21 Å². The van der Waals surface area contributed by atoms with Gasteiger partial charge in [-0.25, -0.2) is 0 Å². The molecule has 0 fully saturated rings. The standard InChI is InChI=1S/C11H10N4/c1-2-5-11(6-3-1)7-4-8-14-15-9-12-13-10-15/h1-10H/p+1/b7-4+,14-8+. The summed E-state index contributed by atoms with van der Waals surface area (Å²) in [6, 6.07) is 10.1. The third kappa shape index (κ3) is 2.87. The van der Waals surface area contributed by atoms with Crippen LogP contribution in [-0.4, -0.2) is 16.4 Å². The Bertz CT molecular complexity index is 443. The van der Waals surface area contributed by atoms with E-state index >= 15 is 0 Å². The van der Waals surface area contributed by atoms with Gasteiger partial charge in [-0.3, -0.25) is 0 Å². The van der Waals surface area contributed by atoms with Gasteiger partial charge in [0.2, 0.25) is 6.33 Å². The normalized spacial score (nSPS) is 11.5. The molecule has 15 heavy (non-hydrogen) atoms. The first kappa shape index (κ1) is 9.33. The molecule has 0 unspecified atom stereocenters. The fourth-order valence-electron chi connectivity index (χ4n) is 1.12. The van der Waals surface area contributed by atoms with E-state index in [1.807, 2.05) is 42.5 Å². The molecular weight excluding hydrogens is 188 g/mol. The third-order valence-electron chi connectivity index (χ3n) is 1.81. The van der Waals surface area contributed by atoms with Crippen molar-refractivity contribution in [3.63, 3.8) is 0 Å². The van der Waals surface area contributed by atoms with Crippen molar-refractivity contribution in [3.05, 3.63) is 54.6 Å². The minimum Gasteiger partial charge on any atom is -0.126 e. The van der Waals surface area contributed by atoms with Gasteiger partial charge >= 0.3 is 0 Å². The number of H-pyrrole nitrogens is 1. The highest BCUT2D eigenvalue weighted by atomic mass is 15.4. The molecule has 2 aromatic rings. The quantitative estimate of drug-likeness (QED) is 0.586. The average molecular weight is 199 g/mol. The van der Waals surface area contributed by atoms with Crippen molar-refractivity contribution in [1.82, 2.24) is 10.2 Å². The number of nitrogens with one attached hydrogen (secondary N) is 1. The lowest BCUT2D eigenvalue weighted by atomic mass is 10.2. The molecule has 1 N–H and O–H groups in total. The number of hydrogen-bond donors (Lipinski definition) is 1. The Morgan fingerprint density at radius 3 is 2.87 bits per heavy atom. The molecule has 0 aliphatic heterocycles. The Morgan fingerprint density at radius 1 is 1.27 bits per heavy atom. The van der Waals surface area contributed by atoms with Gasteiger partial charge < -0.3 is 0 Å². The molecule has 0 spiro atoms. The van der Waals surface area contributed by atoms with Gasteiger partial charge in [0.1, 0.15) is 0 Å². The smallest absolute Gasteiger partial charge is 0.126 e. The van der Waals surface area contributed by atoms with Crippen LogP contribution in [0, 0.1) is 0 Å². The van der Waals surface area contributed by atoms with Gasteiger partial charge in [-0.05, 0) is 11.6 Å². The van der Waals surface area contributed by atoms with Gasteiger partial charge in [-0.15, -0.1) is 14.9 Å². The molecule has 0 aliphatic rings. The first-order chi connectivity index (χ1) is 7.45. The summed E-state index contributed by atoms with van der Waals surface area (Å²) in [5, 5.41) is 10.5. The lowest BCUT2D eigenvalue weighted by Gasteiger charge is -1.87. The second-order valence-electron chi connectivity index (χ2n) is 2.92. The Kier molecular flexibility index (Phi) is 3.02. The maximum Gasteiger partial charge on any atom is 0.288 e. The van der Waals surface area contributed by atoms with E-state index in [9.17, 15) is 0 Å². The number of rotatable bonds is 3. The molecule has 4 nitrogen and oxygen atoms in total. The second-order valence-corrected chi connectivity index (χ2v) is 2.92. The first-order valence-electron chi connectivity index (χ1n) is 4.61. The van der Waals surface area contributed by atoms with Crippen LogP contribution in [0.25, 0.3) is 6.08 Å². The topological polar surface area (TPSA) is 44.9 Å². The third-order valence-corrected chi connectivity index (χ3v) is 1.81. The zero-order valence-electron chi connectivity index (χ0n) is 8.12. The van der Waals surface area contributed by atoms with Gasteiger partial charge in [0.25, 0.3) is 6.33 Å². The van der Waals surface area contributed by atoms with Crippen LogP contribution in [0.5, 0.6) is 0 Å². The first-order valence-corrected chi connectivity index (χ1v) is 4.61. The summed E-state index contributed by atoms with van der Waals surface area (Å²) in [6.45, 7) is 0. The largest absolute Gasteiger partial charge is 0.288 e. The zero-order valence-corrected chi connectivity index (χ0v) is 8.12. The Hall–Kier alpha value is -2.23. The molecule has 0 radical (unpaired) electrons. The van der Waals surface area contributed by atoms with E-state index in [0.717, 1.165) is 5.56 Å². The van der Waals surface area contributed by atoms with Gasteiger partial charge in [-0.2, -0.15) is 0 Å². The van der Waals surface area contributed by atoms with Crippen LogP contribution in [0.3, 0.4) is 0 Å². The number of nitrogens with zero attached hydrogens (tertiary/aromatic N) is 3. The number of allylic oxidation sites excluding steroid dienone is 1. The summed E-state index contributed by atoms with van der Waals surface area (Å²) >= 11 is 0. The van der Waals surface area contributed by atoms with Crippen LogP contribution in [-0.2, 0) is 0 Å². The van der Waals surface area contributed by atoms with E-state index in [4.69, 9.17) is 0 Å². The molecule has 1 aromatic carbocycles. The number of hydrogen-bond acceptors (Lipinski definition) is 2. The van der Waals surface area contributed by atoms with Crippen LogP contribution in [0.1, 0.15) is 5.56 Å². The van der Waals surface area contributed by atoms with Crippen molar-refractivity contribution in [3.8, 4) is 0 Å². The maximum atomic E-state index is 4.09. The van der Waals surface area contributed by atoms with Crippen LogP contribution in [0.4, 0.5) is 0 Å². The van der Waals surface area contributed by atoms with E-state index in [0.29, 0.717) is 0 Å². The SMILES string of the molecule is C(=C\c1ccccc1)/C=N/[n+]1cn[nH]c1. The summed E-state index contributed by atoms with van der Waals surface area (Å²) in [5.74, 6) is 0. The molecule has 4 heteroatoms. The summed E-state index contributed by atoms with van der Waals surface area (Å²) < 4.78 is 1.59. The van der Waals surface area contributed by atoms with E-state index in [1.165, 1.54) is 0 Å². The van der Waals surface area contributed by atoms with Crippen molar-refractivity contribution in [1.29, 1.82) is 0 Å². The van der Waals surface area contributed by atoms with Gasteiger partial charge in [-0.1, -0.05) is 36.4 Å². The highest BCUT2D eigenvalue weighted by molar-refractivity contribution is 5.77. The van der Waals surface area contributed by atoms with E-state index < -0.39 is 0 Å². The van der Waals surface area contributed by atoms with Crippen LogP contribution in [0.2, 0.25) is 0 Å². The maximum absolute atomic E-state index is 4.09. The number of benzene rings is 1. The average Bonchev–Trinajstić information content (AvgIpc) is 2.79. The lowest BCUT2D eigenvalue weighted by Crippen LogP contribution is -2.22. The van der Waals surface area contributed by atoms with Crippen LogP contribution < -0.4 is 4.68 Å². The van der Waals surface area contributed by atoms with Crippen molar-refractivity contribution in [2.75, 3.05) is 0 Å². The molecule has 0 saturated carbocycles. The molecule has 74 valence electrons. The molecule has 0 bridgehead atoms. The second kappa shape index (κ2) is 4.85. The predicted octanol–water partition coefficient (Wildman–Crippen LogP) is 1.24. The Balaban J connectivity index is 1.96. The number of aromatic amines is 1. The zero-order chi connectivity index (χ0) is 10.3. The van der Waals surface area contributed by atoms with Gasteiger partial charge in [0.15, 0.2) is 0 Å². The van der Waals surface area contributed by atoms with Crippen molar-refractivity contribution in [2.45, 2.75) is 0 Å². The highest BCUT2D eigenvalue weighted by Crippen LogP contribution is 1.99. The minimum absolute atomic E-state index is 1.15. The molecular formula is C11H11N4+. The van der Waals surface area contributed by atoms with E-state index in [-0.39, 0.29) is 0 Å². The highest BCUT2D eigenvalue weighted by Gasteiger charge is 1.88. The molecule has 0 saturated heterocycles. The van der Waals surface area contributed by atoms with Crippen LogP contribution in [0.15, 0.2) is 54.2 Å². The van der Waals surface area contributed by atoms with Crippen molar-refractivity contribution < 1.29 is 4.68 Å². The monoisotopic (exact) mass is 199 g/mol. The van der Waals surface area contributed by atoms with E-state index in [1.54, 1.807) is 23.5 Å². The molecule has 2 rings (SSSR count). The van der Waals surface area contributed by atoms with Gasteiger partial charge in [0, 0.05) is 5.10 Å². The van der Waals surface area contributed by atoms with Crippen molar-refractivity contribution >= 4 is 12.3 Å². The van der Waals surface area contributed by atoms with Crippen molar-refractivity contribution in [2.24, 2.45) is 5.10 Å². The molecule has 0 atom stereocenters. The summed E-state index contributed by atoms with van der Waals surface area (Å²) in [6.07, 6.45) is 8.84. The minimum atomic E-state index is 1.15. The Morgan fingerprint density at radius 2 is 2.13 bits per heavy atom.